The number of nitrogens with one attached hydrogen (secondary N) is 3. The Labute approximate surface area is 328 Å². The average Bonchev–Trinajstić information content (AvgIpc) is 3.84. The zero-order valence-corrected chi connectivity index (χ0v) is 31.5. The second-order valence-corrected chi connectivity index (χ2v) is 14.1. The Balaban J connectivity index is 0.996. The van der Waals surface area contributed by atoms with Crippen LogP contribution in [0.25, 0.3) is 21.8 Å². The first-order valence-electron chi connectivity index (χ1n) is 18.9. The third-order valence-electron chi connectivity index (χ3n) is 10.4. The van der Waals surface area contributed by atoms with Crippen LogP contribution in [0.15, 0.2) is 109 Å². The van der Waals surface area contributed by atoms with Crippen LogP contribution in [0.2, 0.25) is 0 Å². The minimum absolute atomic E-state index is 0.227. The average molecular weight is 780 g/mol. The molecule has 3 heterocycles. The fraction of sp³-hybridized carbons (Fsp3) is 0.279. The number of hydrogen-bond acceptors (Lipinski definition) is 5. The molecule has 11 nitrogen and oxygen atoms in total. The van der Waals surface area contributed by atoms with E-state index in [9.17, 15) is 27.6 Å². The molecular weight excluding hydrogens is 736 g/mol. The van der Waals surface area contributed by atoms with Gasteiger partial charge in [-0.1, -0.05) is 48.5 Å². The van der Waals surface area contributed by atoms with E-state index in [1.165, 1.54) is 12.1 Å². The molecule has 0 aliphatic carbocycles. The molecule has 4 aromatic carbocycles. The number of urea groups is 1. The zero-order valence-electron chi connectivity index (χ0n) is 31.5. The molecule has 1 saturated heterocycles. The van der Waals surface area contributed by atoms with Crippen molar-refractivity contribution in [2.45, 2.75) is 19.2 Å². The maximum absolute atomic E-state index is 14.5. The Hall–Kier alpha value is -6.28. The van der Waals surface area contributed by atoms with E-state index in [0.29, 0.717) is 82.0 Å². The SMILES string of the molecule is CN(CCc1c[nH]c2ccccc12)C(=O)c1ccccc1C(=O)N(CCc1c[nH]c2ccccc12)CCN1CCN(C(=O)Nc2ccc(OC(F)(F)F)cc2)CC1. The van der Waals surface area contributed by atoms with Crippen LogP contribution in [0.3, 0.4) is 0 Å². The number of carbonyl (C=O) groups excluding carboxylic acids is 3. The number of para-hydroxylation sites is 2. The molecule has 3 N–H and O–H groups in total. The van der Waals surface area contributed by atoms with Crippen molar-refractivity contribution < 1.29 is 32.3 Å². The number of aromatic nitrogens is 2. The molecule has 1 aliphatic heterocycles. The number of aromatic amines is 2. The summed E-state index contributed by atoms with van der Waals surface area (Å²) in [4.78, 5) is 55.3. The van der Waals surface area contributed by atoms with Gasteiger partial charge < -0.3 is 34.7 Å². The zero-order chi connectivity index (χ0) is 39.9. The summed E-state index contributed by atoms with van der Waals surface area (Å²) in [6.07, 6.45) is 0.410. The molecule has 1 fully saturated rings. The van der Waals surface area contributed by atoms with Gasteiger partial charge in [0.1, 0.15) is 5.75 Å². The van der Waals surface area contributed by atoms with Crippen molar-refractivity contribution in [3.8, 4) is 5.75 Å². The number of piperazine rings is 1. The molecule has 1 aliphatic rings. The highest BCUT2D eigenvalue weighted by atomic mass is 19.4. The first-order chi connectivity index (χ1) is 27.5. The maximum atomic E-state index is 14.5. The largest absolute Gasteiger partial charge is 0.573 e. The minimum atomic E-state index is -4.80. The summed E-state index contributed by atoms with van der Waals surface area (Å²) >= 11 is 0. The standard InChI is InChI=1S/C43H44F3N7O4/c1-50(20-18-30-28-47-38-12-6-4-8-34(30)38)40(54)36-10-2-3-11-37(36)41(55)52(21-19-31-29-48-39-13-7-5-9-35(31)39)25-22-51-23-26-53(27-24-51)42(56)49-32-14-16-33(17-15-32)57-43(44,45)46/h2-17,28-29,47-48H,18-27H2,1H3,(H,49,56). The molecule has 0 unspecified atom stereocenters. The molecule has 4 amide bonds. The van der Waals surface area contributed by atoms with Gasteiger partial charge in [-0.3, -0.25) is 14.5 Å². The number of ether oxygens (including phenoxy) is 1. The van der Waals surface area contributed by atoms with Gasteiger partial charge in [0.05, 0.1) is 11.1 Å². The molecule has 57 heavy (non-hydrogen) atoms. The summed E-state index contributed by atoms with van der Waals surface area (Å²) in [5.41, 5.74) is 5.32. The normalized spacial score (nSPS) is 13.5. The molecule has 0 saturated carbocycles. The van der Waals surface area contributed by atoms with E-state index in [2.05, 4.69) is 37.1 Å². The molecule has 0 radical (unpaired) electrons. The van der Waals surface area contributed by atoms with Crippen molar-refractivity contribution in [3.05, 3.63) is 132 Å². The van der Waals surface area contributed by atoms with E-state index < -0.39 is 6.36 Å². The highest BCUT2D eigenvalue weighted by molar-refractivity contribution is 6.07. The molecule has 2 aromatic heterocycles. The molecule has 0 bridgehead atoms. The first kappa shape index (κ1) is 39.0. The second-order valence-electron chi connectivity index (χ2n) is 14.1. The van der Waals surface area contributed by atoms with Gasteiger partial charge >= 0.3 is 12.4 Å². The predicted molar refractivity (Wildman–Crippen MR) is 213 cm³/mol. The Bertz CT molecular complexity index is 2330. The minimum Gasteiger partial charge on any atom is -0.406 e. The number of anilines is 1. The lowest BCUT2D eigenvalue weighted by molar-refractivity contribution is -0.274. The van der Waals surface area contributed by atoms with E-state index in [4.69, 9.17) is 0 Å². The van der Waals surface area contributed by atoms with Crippen molar-refractivity contribution >= 4 is 45.3 Å². The number of fused-ring (bicyclic) bond motifs is 2. The van der Waals surface area contributed by atoms with E-state index in [1.807, 2.05) is 53.7 Å². The van der Waals surface area contributed by atoms with Crippen molar-refractivity contribution in [3.63, 3.8) is 0 Å². The van der Waals surface area contributed by atoms with Crippen molar-refractivity contribution in [1.82, 2.24) is 29.6 Å². The van der Waals surface area contributed by atoms with E-state index in [-0.39, 0.29) is 23.6 Å². The fourth-order valence-corrected chi connectivity index (χ4v) is 7.25. The van der Waals surface area contributed by atoms with Crippen LogP contribution in [-0.4, -0.2) is 113 Å². The second kappa shape index (κ2) is 17.2. The van der Waals surface area contributed by atoms with Gasteiger partial charge in [-0.05, 0) is 72.5 Å². The lowest BCUT2D eigenvalue weighted by atomic mass is 10.0. The number of hydrogen-bond donors (Lipinski definition) is 3. The number of benzene rings is 4. The number of carbonyl (C=O) groups is 3. The Kier molecular flexibility index (Phi) is 11.8. The number of halogens is 3. The predicted octanol–water partition coefficient (Wildman–Crippen LogP) is 7.40. The topological polar surface area (TPSA) is 117 Å². The summed E-state index contributed by atoms with van der Waals surface area (Å²) in [5, 5.41) is 4.95. The third kappa shape index (κ3) is 9.58. The van der Waals surface area contributed by atoms with Gasteiger partial charge in [0.15, 0.2) is 0 Å². The van der Waals surface area contributed by atoms with Gasteiger partial charge in [-0.25, -0.2) is 4.79 Å². The molecule has 0 atom stereocenters. The van der Waals surface area contributed by atoms with Gasteiger partial charge in [0.2, 0.25) is 0 Å². The number of rotatable bonds is 13. The Morgan fingerprint density at radius 1 is 0.702 bits per heavy atom. The number of likely N-dealkylation sites (N-methyl/N-ethyl adjacent to an activating group) is 1. The molecule has 14 heteroatoms. The Morgan fingerprint density at radius 3 is 1.84 bits per heavy atom. The molecular formula is C43H44F3N7O4. The molecule has 7 rings (SSSR count). The quantitative estimate of drug-likeness (QED) is 0.113. The monoisotopic (exact) mass is 779 g/mol. The van der Waals surface area contributed by atoms with E-state index in [0.717, 1.165) is 45.1 Å². The lowest BCUT2D eigenvalue weighted by Crippen LogP contribution is -2.51. The summed E-state index contributed by atoms with van der Waals surface area (Å²) in [6.45, 7) is 3.82. The Morgan fingerprint density at radius 2 is 1.25 bits per heavy atom. The van der Waals surface area contributed by atoms with Crippen LogP contribution >= 0.6 is 0 Å². The summed E-state index contributed by atoms with van der Waals surface area (Å²) in [6, 6.07) is 27.7. The molecule has 0 spiro atoms. The van der Waals surface area contributed by atoms with Gasteiger partial charge in [0, 0.05) is 99.3 Å². The van der Waals surface area contributed by atoms with Gasteiger partial charge in [-0.15, -0.1) is 13.2 Å². The van der Waals surface area contributed by atoms with Crippen LogP contribution in [-0.2, 0) is 12.8 Å². The van der Waals surface area contributed by atoms with Crippen molar-refractivity contribution in [2.75, 3.05) is 64.7 Å². The van der Waals surface area contributed by atoms with Gasteiger partial charge in [0.25, 0.3) is 11.8 Å². The van der Waals surface area contributed by atoms with Crippen LogP contribution in [0.5, 0.6) is 5.75 Å². The van der Waals surface area contributed by atoms with Crippen LogP contribution in [0, 0.1) is 0 Å². The summed E-state index contributed by atoms with van der Waals surface area (Å²) in [5.74, 6) is -0.827. The molecule has 6 aromatic rings. The smallest absolute Gasteiger partial charge is 0.406 e. The van der Waals surface area contributed by atoms with E-state index in [1.54, 1.807) is 41.1 Å². The van der Waals surface area contributed by atoms with Gasteiger partial charge in [-0.2, -0.15) is 0 Å². The lowest BCUT2D eigenvalue weighted by Gasteiger charge is -2.36. The molecule has 296 valence electrons. The number of H-pyrrole nitrogens is 2. The number of alkyl halides is 3. The van der Waals surface area contributed by atoms with Crippen LogP contribution in [0.4, 0.5) is 23.7 Å². The summed E-state index contributed by atoms with van der Waals surface area (Å²) < 4.78 is 41.5. The highest BCUT2D eigenvalue weighted by Crippen LogP contribution is 2.25. The highest BCUT2D eigenvalue weighted by Gasteiger charge is 2.31. The fourth-order valence-electron chi connectivity index (χ4n) is 7.25. The van der Waals surface area contributed by atoms with E-state index >= 15 is 0 Å². The van der Waals surface area contributed by atoms with Crippen molar-refractivity contribution in [2.24, 2.45) is 0 Å². The van der Waals surface area contributed by atoms with Crippen molar-refractivity contribution in [1.29, 1.82) is 0 Å². The third-order valence-corrected chi connectivity index (χ3v) is 10.4. The van der Waals surface area contributed by atoms with Crippen LogP contribution in [0.1, 0.15) is 31.8 Å². The summed E-state index contributed by atoms with van der Waals surface area (Å²) in [7, 11) is 1.76. The van der Waals surface area contributed by atoms with Crippen LogP contribution < -0.4 is 10.1 Å². The first-order valence-corrected chi connectivity index (χ1v) is 18.9. The number of amides is 4. The number of nitrogens with zero attached hydrogens (tertiary/aromatic N) is 4. The maximum Gasteiger partial charge on any atom is 0.573 e.